The van der Waals surface area contributed by atoms with E-state index in [4.69, 9.17) is 4.74 Å². The molecule has 2 aromatic heterocycles. The van der Waals surface area contributed by atoms with E-state index in [9.17, 15) is 4.79 Å². The number of amides is 1. The second-order valence-electron chi connectivity index (χ2n) is 6.17. The van der Waals surface area contributed by atoms with Gasteiger partial charge in [-0.3, -0.25) is 9.78 Å². The standard InChI is InChI=1S/C18H22N4O2/c1-13-10-22(11-14(2)21-13)18(23)17-16(4-3-7-20-17)24-12-15-5-8-19-9-6-15/h3-9,13-14,21H,10-12H2,1-2H3/t13-,14-/m1/s1. The van der Waals surface area contributed by atoms with Crippen LogP contribution in [0.4, 0.5) is 0 Å². The Morgan fingerprint density at radius 2 is 1.92 bits per heavy atom. The van der Waals surface area contributed by atoms with Gasteiger partial charge in [0.1, 0.15) is 6.61 Å². The zero-order valence-electron chi connectivity index (χ0n) is 14.0. The average Bonchev–Trinajstić information content (AvgIpc) is 2.59. The molecule has 126 valence electrons. The number of carbonyl (C=O) groups is 1. The van der Waals surface area contributed by atoms with Crippen LogP contribution in [0.15, 0.2) is 42.9 Å². The number of hydrogen-bond donors (Lipinski definition) is 1. The van der Waals surface area contributed by atoms with E-state index in [1.165, 1.54) is 0 Å². The maximum atomic E-state index is 12.9. The summed E-state index contributed by atoms with van der Waals surface area (Å²) < 4.78 is 5.84. The number of piperazine rings is 1. The number of carbonyl (C=O) groups excluding carboxylic acids is 1. The van der Waals surface area contributed by atoms with Gasteiger partial charge in [-0.1, -0.05) is 0 Å². The molecule has 2 aromatic rings. The van der Waals surface area contributed by atoms with Crippen LogP contribution in [0.1, 0.15) is 29.9 Å². The van der Waals surface area contributed by atoms with Crippen molar-refractivity contribution in [3.63, 3.8) is 0 Å². The second-order valence-corrected chi connectivity index (χ2v) is 6.17. The van der Waals surface area contributed by atoms with E-state index >= 15 is 0 Å². The van der Waals surface area contributed by atoms with Gasteiger partial charge in [-0.25, -0.2) is 4.98 Å². The number of hydrogen-bond acceptors (Lipinski definition) is 5. The van der Waals surface area contributed by atoms with E-state index in [1.807, 2.05) is 17.0 Å². The molecule has 24 heavy (non-hydrogen) atoms. The fraction of sp³-hybridized carbons (Fsp3) is 0.389. The molecule has 1 aliphatic heterocycles. The number of ether oxygens (including phenoxy) is 1. The lowest BCUT2D eigenvalue weighted by atomic mass is 10.1. The van der Waals surface area contributed by atoms with E-state index in [0.29, 0.717) is 31.1 Å². The zero-order chi connectivity index (χ0) is 16.9. The van der Waals surface area contributed by atoms with Gasteiger partial charge in [0.2, 0.25) is 0 Å². The molecule has 0 aromatic carbocycles. The maximum Gasteiger partial charge on any atom is 0.276 e. The first-order valence-electron chi connectivity index (χ1n) is 8.15. The molecular formula is C18H22N4O2. The summed E-state index contributed by atoms with van der Waals surface area (Å²) in [6.45, 7) is 5.88. The Morgan fingerprint density at radius 1 is 1.21 bits per heavy atom. The van der Waals surface area contributed by atoms with Gasteiger partial charge in [0.05, 0.1) is 0 Å². The fourth-order valence-electron chi connectivity index (χ4n) is 2.95. The van der Waals surface area contributed by atoms with Crippen LogP contribution in [0, 0.1) is 0 Å². The molecule has 0 bridgehead atoms. The maximum absolute atomic E-state index is 12.9. The van der Waals surface area contributed by atoms with Gasteiger partial charge in [-0.15, -0.1) is 0 Å². The van der Waals surface area contributed by atoms with Crippen LogP contribution in [-0.4, -0.2) is 45.9 Å². The average molecular weight is 326 g/mol. The van der Waals surface area contributed by atoms with E-state index in [2.05, 4.69) is 29.1 Å². The second kappa shape index (κ2) is 7.40. The Bertz CT molecular complexity index is 682. The summed E-state index contributed by atoms with van der Waals surface area (Å²) in [5.74, 6) is 0.429. The monoisotopic (exact) mass is 326 g/mol. The molecule has 0 unspecified atom stereocenters. The lowest BCUT2D eigenvalue weighted by Crippen LogP contribution is -2.56. The summed E-state index contributed by atoms with van der Waals surface area (Å²) >= 11 is 0. The summed E-state index contributed by atoms with van der Waals surface area (Å²) in [7, 11) is 0. The van der Waals surface area contributed by atoms with Crippen molar-refractivity contribution >= 4 is 5.91 Å². The van der Waals surface area contributed by atoms with Crippen LogP contribution in [0.2, 0.25) is 0 Å². The quantitative estimate of drug-likeness (QED) is 0.929. The van der Waals surface area contributed by atoms with Crippen molar-refractivity contribution in [3.8, 4) is 5.75 Å². The highest BCUT2D eigenvalue weighted by molar-refractivity contribution is 5.95. The predicted molar refractivity (Wildman–Crippen MR) is 90.8 cm³/mol. The third-order valence-corrected chi connectivity index (χ3v) is 3.96. The molecule has 6 nitrogen and oxygen atoms in total. The Labute approximate surface area is 141 Å². The normalized spacial score (nSPS) is 20.7. The molecular weight excluding hydrogens is 304 g/mol. The summed E-state index contributed by atoms with van der Waals surface area (Å²) in [5.41, 5.74) is 1.37. The molecule has 3 rings (SSSR count). The van der Waals surface area contributed by atoms with Gasteiger partial charge in [0, 0.05) is 43.8 Å². The lowest BCUT2D eigenvalue weighted by Gasteiger charge is -2.36. The van der Waals surface area contributed by atoms with Crippen LogP contribution >= 0.6 is 0 Å². The van der Waals surface area contributed by atoms with Crippen LogP contribution < -0.4 is 10.1 Å². The molecule has 0 radical (unpaired) electrons. The molecule has 1 N–H and O–H groups in total. The highest BCUT2D eigenvalue weighted by Crippen LogP contribution is 2.20. The molecule has 0 aliphatic carbocycles. The van der Waals surface area contributed by atoms with Gasteiger partial charge >= 0.3 is 0 Å². The van der Waals surface area contributed by atoms with Crippen molar-refractivity contribution in [2.24, 2.45) is 0 Å². The van der Waals surface area contributed by atoms with Crippen LogP contribution in [0.5, 0.6) is 5.75 Å². The van der Waals surface area contributed by atoms with E-state index in [1.54, 1.807) is 30.7 Å². The van der Waals surface area contributed by atoms with Crippen LogP contribution in [-0.2, 0) is 6.61 Å². The fourth-order valence-corrected chi connectivity index (χ4v) is 2.95. The molecule has 1 aliphatic rings. The molecule has 6 heteroatoms. The van der Waals surface area contributed by atoms with Gasteiger partial charge in [-0.05, 0) is 43.7 Å². The zero-order valence-corrected chi connectivity index (χ0v) is 14.0. The van der Waals surface area contributed by atoms with Crippen LogP contribution in [0.25, 0.3) is 0 Å². The summed E-state index contributed by atoms with van der Waals surface area (Å²) in [6.07, 6.45) is 5.07. The molecule has 0 saturated carbocycles. The number of aromatic nitrogens is 2. The van der Waals surface area contributed by atoms with E-state index in [0.717, 1.165) is 5.56 Å². The van der Waals surface area contributed by atoms with Crippen LogP contribution in [0.3, 0.4) is 0 Å². The Hall–Kier alpha value is -2.47. The summed E-state index contributed by atoms with van der Waals surface area (Å²) in [5, 5.41) is 3.43. The van der Waals surface area contributed by atoms with Gasteiger partial charge in [0.25, 0.3) is 5.91 Å². The van der Waals surface area contributed by atoms with Gasteiger partial charge < -0.3 is 15.0 Å². The third-order valence-electron chi connectivity index (χ3n) is 3.96. The van der Waals surface area contributed by atoms with Crippen molar-refractivity contribution in [1.82, 2.24) is 20.2 Å². The number of pyridine rings is 2. The SMILES string of the molecule is C[C@@H]1CN(C(=O)c2ncccc2OCc2ccncc2)C[C@@H](C)N1. The summed E-state index contributed by atoms with van der Waals surface area (Å²) in [6, 6.07) is 7.87. The van der Waals surface area contributed by atoms with Crippen molar-refractivity contribution in [2.45, 2.75) is 32.5 Å². The molecule has 3 heterocycles. The number of nitrogens with zero attached hydrogens (tertiary/aromatic N) is 3. The predicted octanol–water partition coefficient (Wildman–Crippen LogP) is 1.88. The molecule has 2 atom stereocenters. The Balaban J connectivity index is 1.74. The first-order valence-corrected chi connectivity index (χ1v) is 8.15. The van der Waals surface area contributed by atoms with E-state index < -0.39 is 0 Å². The molecule has 1 amide bonds. The molecule has 0 spiro atoms. The van der Waals surface area contributed by atoms with Crippen molar-refractivity contribution in [3.05, 3.63) is 54.1 Å². The smallest absolute Gasteiger partial charge is 0.276 e. The lowest BCUT2D eigenvalue weighted by molar-refractivity contribution is 0.0662. The minimum atomic E-state index is -0.0828. The Kier molecular flexibility index (Phi) is 5.05. The molecule has 1 fully saturated rings. The topological polar surface area (TPSA) is 67.4 Å². The first kappa shape index (κ1) is 16.4. The minimum absolute atomic E-state index is 0.0828. The Morgan fingerprint density at radius 3 is 2.62 bits per heavy atom. The third kappa shape index (κ3) is 3.89. The van der Waals surface area contributed by atoms with Crippen molar-refractivity contribution < 1.29 is 9.53 Å². The molecule has 1 saturated heterocycles. The van der Waals surface area contributed by atoms with Gasteiger partial charge in [-0.2, -0.15) is 0 Å². The number of rotatable bonds is 4. The van der Waals surface area contributed by atoms with Gasteiger partial charge in [0.15, 0.2) is 11.4 Å². The van der Waals surface area contributed by atoms with E-state index in [-0.39, 0.29) is 18.0 Å². The highest BCUT2D eigenvalue weighted by Gasteiger charge is 2.28. The minimum Gasteiger partial charge on any atom is -0.486 e. The van der Waals surface area contributed by atoms with Crippen molar-refractivity contribution in [1.29, 1.82) is 0 Å². The first-order chi connectivity index (χ1) is 11.6. The largest absolute Gasteiger partial charge is 0.486 e. The summed E-state index contributed by atoms with van der Waals surface area (Å²) in [4.78, 5) is 23.0. The van der Waals surface area contributed by atoms with Crippen molar-refractivity contribution in [2.75, 3.05) is 13.1 Å². The number of nitrogens with one attached hydrogen (secondary N) is 1. The highest BCUT2D eigenvalue weighted by atomic mass is 16.5.